The third-order valence-corrected chi connectivity index (χ3v) is 3.52. The SMILES string of the molecule is Cc1nc(Cl)cc(-c2c(Cl)nc3ccc(Br)cn23)n1. The number of aryl methyl sites for hydroxylation is 1. The van der Waals surface area contributed by atoms with E-state index in [-0.39, 0.29) is 0 Å². The molecule has 0 spiro atoms. The second kappa shape index (κ2) is 4.74. The molecular formula is C12H7BrCl2N4. The molecule has 0 fully saturated rings. The summed E-state index contributed by atoms with van der Waals surface area (Å²) in [5.41, 5.74) is 2.09. The molecule has 3 rings (SSSR count). The van der Waals surface area contributed by atoms with Crippen molar-refractivity contribution in [1.82, 2.24) is 19.4 Å². The fraction of sp³-hybridized carbons (Fsp3) is 0.0833. The van der Waals surface area contributed by atoms with Gasteiger partial charge in [-0.25, -0.2) is 15.0 Å². The predicted molar refractivity (Wildman–Crippen MR) is 78.7 cm³/mol. The first-order valence-electron chi connectivity index (χ1n) is 5.39. The molecule has 0 bridgehead atoms. The van der Waals surface area contributed by atoms with Gasteiger partial charge in [-0.05, 0) is 35.0 Å². The van der Waals surface area contributed by atoms with Gasteiger partial charge in [0.1, 0.15) is 22.3 Å². The van der Waals surface area contributed by atoms with Crippen molar-refractivity contribution in [2.24, 2.45) is 0 Å². The first-order chi connectivity index (χ1) is 9.04. The fourth-order valence-electron chi connectivity index (χ4n) is 1.87. The zero-order valence-corrected chi connectivity index (χ0v) is 12.8. The van der Waals surface area contributed by atoms with Crippen molar-refractivity contribution in [1.29, 1.82) is 0 Å². The van der Waals surface area contributed by atoms with Crippen molar-refractivity contribution in [2.45, 2.75) is 6.92 Å². The molecule has 4 nitrogen and oxygen atoms in total. The van der Waals surface area contributed by atoms with Crippen LogP contribution in [0.5, 0.6) is 0 Å². The molecule has 0 saturated heterocycles. The number of hydrogen-bond donors (Lipinski definition) is 0. The summed E-state index contributed by atoms with van der Waals surface area (Å²) in [6.45, 7) is 1.78. The Labute approximate surface area is 127 Å². The van der Waals surface area contributed by atoms with E-state index in [1.807, 2.05) is 22.7 Å². The van der Waals surface area contributed by atoms with Gasteiger partial charge >= 0.3 is 0 Å². The predicted octanol–water partition coefficient (Wildman–Crippen LogP) is 4.17. The monoisotopic (exact) mass is 356 g/mol. The molecule has 0 amide bonds. The summed E-state index contributed by atoms with van der Waals surface area (Å²) in [5, 5.41) is 0.760. The molecule has 0 N–H and O–H groups in total. The van der Waals surface area contributed by atoms with Crippen LogP contribution in [0.25, 0.3) is 17.0 Å². The molecule has 0 atom stereocenters. The standard InChI is InChI=1S/C12H7BrCl2N4/c1-6-16-8(4-9(14)17-6)11-12(15)18-10-3-2-7(13)5-19(10)11/h2-5H,1H3. The van der Waals surface area contributed by atoms with Crippen LogP contribution in [0.15, 0.2) is 28.9 Å². The van der Waals surface area contributed by atoms with Crippen molar-refractivity contribution in [3.63, 3.8) is 0 Å². The van der Waals surface area contributed by atoms with Crippen LogP contribution >= 0.6 is 39.1 Å². The summed E-state index contributed by atoms with van der Waals surface area (Å²) < 4.78 is 2.79. The van der Waals surface area contributed by atoms with Gasteiger partial charge in [-0.15, -0.1) is 0 Å². The van der Waals surface area contributed by atoms with Crippen molar-refractivity contribution in [2.75, 3.05) is 0 Å². The second-order valence-electron chi connectivity index (χ2n) is 3.95. The van der Waals surface area contributed by atoms with E-state index in [2.05, 4.69) is 30.9 Å². The van der Waals surface area contributed by atoms with Gasteiger partial charge in [-0.3, -0.25) is 4.40 Å². The quantitative estimate of drug-likeness (QED) is 0.614. The van der Waals surface area contributed by atoms with E-state index in [1.54, 1.807) is 13.0 Å². The Morgan fingerprint density at radius 3 is 2.68 bits per heavy atom. The minimum Gasteiger partial charge on any atom is -0.296 e. The molecule has 0 aliphatic rings. The Balaban J connectivity index is 2.35. The number of pyridine rings is 1. The Kier molecular flexibility index (Phi) is 3.20. The average molecular weight is 358 g/mol. The number of halogens is 3. The lowest BCUT2D eigenvalue weighted by atomic mass is 10.3. The molecule has 0 aliphatic carbocycles. The van der Waals surface area contributed by atoms with Gasteiger partial charge in [0.05, 0.1) is 5.69 Å². The van der Waals surface area contributed by atoms with Crippen LogP contribution in [0.3, 0.4) is 0 Å². The van der Waals surface area contributed by atoms with Crippen LogP contribution in [0.1, 0.15) is 5.82 Å². The average Bonchev–Trinajstić information content (AvgIpc) is 2.63. The van der Waals surface area contributed by atoms with Crippen LogP contribution in [0, 0.1) is 6.92 Å². The number of aromatic nitrogens is 4. The fourth-order valence-corrected chi connectivity index (χ4v) is 2.71. The summed E-state index contributed by atoms with van der Waals surface area (Å²) in [6.07, 6.45) is 1.88. The molecule has 96 valence electrons. The number of rotatable bonds is 1. The zero-order chi connectivity index (χ0) is 13.6. The molecular weight excluding hydrogens is 351 g/mol. The maximum absolute atomic E-state index is 6.21. The van der Waals surface area contributed by atoms with Gasteiger partial charge in [0, 0.05) is 16.7 Å². The van der Waals surface area contributed by atoms with Gasteiger partial charge in [0.2, 0.25) is 0 Å². The molecule has 0 aliphatic heterocycles. The van der Waals surface area contributed by atoms with Crippen molar-refractivity contribution < 1.29 is 0 Å². The molecule has 0 saturated carbocycles. The first kappa shape index (κ1) is 12.8. The van der Waals surface area contributed by atoms with E-state index < -0.39 is 0 Å². The molecule has 0 unspecified atom stereocenters. The Hall–Kier alpha value is -1.17. The number of fused-ring (bicyclic) bond motifs is 1. The van der Waals surface area contributed by atoms with E-state index in [0.29, 0.717) is 27.5 Å². The zero-order valence-electron chi connectivity index (χ0n) is 9.73. The highest BCUT2D eigenvalue weighted by atomic mass is 79.9. The second-order valence-corrected chi connectivity index (χ2v) is 5.61. The van der Waals surface area contributed by atoms with Crippen LogP contribution in [-0.2, 0) is 0 Å². The molecule has 3 aromatic heterocycles. The Morgan fingerprint density at radius 1 is 1.16 bits per heavy atom. The van der Waals surface area contributed by atoms with Gasteiger partial charge in [0.25, 0.3) is 0 Å². The smallest absolute Gasteiger partial charge is 0.157 e. The molecule has 7 heteroatoms. The Bertz CT molecular complexity index is 764. The van der Waals surface area contributed by atoms with Crippen molar-refractivity contribution in [3.8, 4) is 11.4 Å². The molecule has 3 aromatic rings. The Morgan fingerprint density at radius 2 is 1.95 bits per heavy atom. The van der Waals surface area contributed by atoms with Crippen LogP contribution in [0.2, 0.25) is 10.3 Å². The maximum atomic E-state index is 6.21. The van der Waals surface area contributed by atoms with E-state index in [4.69, 9.17) is 23.2 Å². The van der Waals surface area contributed by atoms with Gasteiger partial charge < -0.3 is 0 Å². The van der Waals surface area contributed by atoms with Crippen LogP contribution in [0.4, 0.5) is 0 Å². The lowest BCUT2D eigenvalue weighted by molar-refractivity contribution is 1.04. The summed E-state index contributed by atoms with van der Waals surface area (Å²) in [4.78, 5) is 12.7. The maximum Gasteiger partial charge on any atom is 0.157 e. The largest absolute Gasteiger partial charge is 0.296 e. The van der Waals surface area contributed by atoms with E-state index in [1.165, 1.54) is 0 Å². The van der Waals surface area contributed by atoms with Gasteiger partial charge in [-0.2, -0.15) is 0 Å². The van der Waals surface area contributed by atoms with Crippen molar-refractivity contribution in [3.05, 3.63) is 45.0 Å². The molecule has 3 heterocycles. The number of nitrogens with zero attached hydrogens (tertiary/aromatic N) is 4. The topological polar surface area (TPSA) is 43.1 Å². The first-order valence-corrected chi connectivity index (χ1v) is 6.94. The summed E-state index contributed by atoms with van der Waals surface area (Å²) in [7, 11) is 0. The van der Waals surface area contributed by atoms with Crippen LogP contribution in [-0.4, -0.2) is 19.4 Å². The van der Waals surface area contributed by atoms with Gasteiger partial charge in [0.15, 0.2) is 5.15 Å². The highest BCUT2D eigenvalue weighted by molar-refractivity contribution is 9.10. The molecule has 0 aromatic carbocycles. The highest BCUT2D eigenvalue weighted by Crippen LogP contribution is 2.29. The van der Waals surface area contributed by atoms with Crippen molar-refractivity contribution >= 4 is 44.8 Å². The lowest BCUT2D eigenvalue weighted by Crippen LogP contribution is -1.95. The van der Waals surface area contributed by atoms with Crippen LogP contribution < -0.4 is 0 Å². The highest BCUT2D eigenvalue weighted by Gasteiger charge is 2.15. The summed E-state index contributed by atoms with van der Waals surface area (Å²) >= 11 is 15.6. The van der Waals surface area contributed by atoms with E-state index in [0.717, 1.165) is 10.1 Å². The minimum atomic E-state index is 0.378. The van der Waals surface area contributed by atoms with E-state index in [9.17, 15) is 0 Å². The summed E-state index contributed by atoms with van der Waals surface area (Å²) in [6, 6.07) is 5.44. The molecule has 0 radical (unpaired) electrons. The minimum absolute atomic E-state index is 0.378. The number of hydrogen-bond acceptors (Lipinski definition) is 3. The third kappa shape index (κ3) is 2.33. The normalized spacial score (nSPS) is 11.2. The lowest BCUT2D eigenvalue weighted by Gasteiger charge is -2.04. The van der Waals surface area contributed by atoms with E-state index >= 15 is 0 Å². The third-order valence-electron chi connectivity index (χ3n) is 2.59. The summed E-state index contributed by atoms with van der Waals surface area (Å²) in [5.74, 6) is 0.587. The number of imidazole rings is 1. The van der Waals surface area contributed by atoms with Gasteiger partial charge in [-0.1, -0.05) is 23.2 Å². The molecule has 19 heavy (non-hydrogen) atoms.